The molecule has 2 heterocycles. The van der Waals surface area contributed by atoms with E-state index in [4.69, 9.17) is 9.63 Å². The largest absolute Gasteiger partial charge is 0.465 e. The third-order valence-electron chi connectivity index (χ3n) is 4.80. The molecule has 0 saturated carbocycles. The third-order valence-corrected chi connectivity index (χ3v) is 7.98. The van der Waals surface area contributed by atoms with Crippen LogP contribution in [0.2, 0.25) is 0 Å². The summed E-state index contributed by atoms with van der Waals surface area (Å²) in [7, 11) is -5.02. The van der Waals surface area contributed by atoms with Crippen molar-refractivity contribution in [3.05, 3.63) is 41.6 Å². The number of hydrogen-bond donors (Lipinski definition) is 2. The summed E-state index contributed by atoms with van der Waals surface area (Å²) in [5, 5.41) is 12.9. The normalized spacial score (nSPS) is 15.1. The molecule has 1 aliphatic heterocycles. The van der Waals surface area contributed by atoms with Gasteiger partial charge in [-0.25, -0.2) is 30.7 Å². The number of hydrogen-bond acceptors (Lipinski definition) is 7. The number of sulfonamides is 2. The van der Waals surface area contributed by atoms with Crippen LogP contribution < -0.4 is 4.72 Å². The van der Waals surface area contributed by atoms with E-state index in [1.165, 1.54) is 43.3 Å². The lowest BCUT2D eigenvalue weighted by Gasteiger charge is -2.23. The summed E-state index contributed by atoms with van der Waals surface area (Å²) in [5.41, 5.74) is 1.64. The average Bonchev–Trinajstić information content (AvgIpc) is 3.07. The van der Waals surface area contributed by atoms with Crippen molar-refractivity contribution in [2.75, 3.05) is 31.9 Å². The van der Waals surface area contributed by atoms with E-state index in [1.807, 2.05) is 0 Å². The van der Waals surface area contributed by atoms with Gasteiger partial charge in [0.15, 0.2) is 0 Å². The standard InChI is InChI=1S/C18H22N4O7S2/c1-12-16(13-8-10-22(11-9-13)18(23)24)17(29-19-12)20-30(25,26)14-4-6-15(7-5-14)31(27,28)21(2)3/h4-8,20H,9-11H2,1-3H3,(H,23,24). The summed E-state index contributed by atoms with van der Waals surface area (Å²) >= 11 is 0. The van der Waals surface area contributed by atoms with E-state index in [0.717, 1.165) is 9.88 Å². The Balaban J connectivity index is 1.87. The van der Waals surface area contributed by atoms with E-state index in [1.54, 1.807) is 13.0 Å². The van der Waals surface area contributed by atoms with Crippen molar-refractivity contribution in [1.82, 2.24) is 14.4 Å². The smallest absolute Gasteiger partial charge is 0.407 e. The van der Waals surface area contributed by atoms with Crippen molar-refractivity contribution >= 4 is 37.6 Å². The van der Waals surface area contributed by atoms with Crippen molar-refractivity contribution in [2.24, 2.45) is 0 Å². The van der Waals surface area contributed by atoms with Crippen LogP contribution in [0.25, 0.3) is 5.57 Å². The van der Waals surface area contributed by atoms with Gasteiger partial charge in [0.1, 0.15) is 0 Å². The number of amides is 1. The summed E-state index contributed by atoms with van der Waals surface area (Å²) in [6, 6.07) is 4.79. The van der Waals surface area contributed by atoms with Gasteiger partial charge in [-0.3, -0.25) is 0 Å². The van der Waals surface area contributed by atoms with Gasteiger partial charge in [-0.1, -0.05) is 11.2 Å². The second-order valence-corrected chi connectivity index (χ2v) is 10.9. The Morgan fingerprint density at radius 3 is 2.29 bits per heavy atom. The molecule has 31 heavy (non-hydrogen) atoms. The van der Waals surface area contributed by atoms with Gasteiger partial charge in [0.25, 0.3) is 10.0 Å². The maximum Gasteiger partial charge on any atom is 0.407 e. The molecule has 13 heteroatoms. The van der Waals surface area contributed by atoms with Crippen LogP contribution in [0.3, 0.4) is 0 Å². The number of carboxylic acid groups (broad SMARTS) is 1. The number of rotatable bonds is 6. The number of anilines is 1. The summed E-state index contributed by atoms with van der Waals surface area (Å²) in [6.07, 6.45) is 1.04. The van der Waals surface area contributed by atoms with Crippen LogP contribution in [0.5, 0.6) is 0 Å². The first kappa shape index (κ1) is 22.8. The zero-order chi connectivity index (χ0) is 23.0. The third kappa shape index (κ3) is 4.57. The van der Waals surface area contributed by atoms with E-state index < -0.39 is 26.1 Å². The highest BCUT2D eigenvalue weighted by atomic mass is 32.2. The van der Waals surface area contributed by atoms with Gasteiger partial charge < -0.3 is 14.5 Å². The lowest BCUT2D eigenvalue weighted by atomic mass is 10.00. The van der Waals surface area contributed by atoms with Gasteiger partial charge in [0.2, 0.25) is 15.9 Å². The van der Waals surface area contributed by atoms with E-state index in [9.17, 15) is 21.6 Å². The first-order valence-corrected chi connectivity index (χ1v) is 12.0. The van der Waals surface area contributed by atoms with Crippen molar-refractivity contribution < 1.29 is 31.3 Å². The minimum absolute atomic E-state index is 0.0389. The minimum atomic E-state index is -4.09. The van der Waals surface area contributed by atoms with E-state index in [-0.39, 0.29) is 28.8 Å². The quantitative estimate of drug-likeness (QED) is 0.649. The molecular weight excluding hydrogens is 448 g/mol. The fraction of sp³-hybridized carbons (Fsp3) is 0.333. The van der Waals surface area contributed by atoms with Crippen LogP contribution in [0.15, 0.2) is 44.7 Å². The SMILES string of the molecule is Cc1noc(NS(=O)(=O)c2ccc(S(=O)(=O)N(C)C)cc2)c1C1=CCN(C(=O)O)CC1. The Hall–Kier alpha value is -2.90. The Bertz CT molecular complexity index is 1230. The molecular formula is C18H22N4O7S2. The number of aromatic nitrogens is 1. The molecule has 0 aliphatic carbocycles. The van der Waals surface area contributed by atoms with Crippen LogP contribution in [-0.2, 0) is 20.0 Å². The van der Waals surface area contributed by atoms with Crippen LogP contribution >= 0.6 is 0 Å². The van der Waals surface area contributed by atoms with Crippen LogP contribution in [0.4, 0.5) is 10.7 Å². The highest BCUT2D eigenvalue weighted by Crippen LogP contribution is 2.33. The minimum Gasteiger partial charge on any atom is -0.465 e. The fourth-order valence-electron chi connectivity index (χ4n) is 3.07. The van der Waals surface area contributed by atoms with Gasteiger partial charge in [0, 0.05) is 27.2 Å². The monoisotopic (exact) mass is 470 g/mol. The Kier molecular flexibility index (Phi) is 6.11. The second-order valence-electron chi connectivity index (χ2n) is 7.04. The lowest BCUT2D eigenvalue weighted by Crippen LogP contribution is -2.33. The number of aryl methyl sites for hydroxylation is 1. The Morgan fingerprint density at radius 1 is 1.16 bits per heavy atom. The van der Waals surface area contributed by atoms with Gasteiger partial charge in [0.05, 0.1) is 21.0 Å². The highest BCUT2D eigenvalue weighted by molar-refractivity contribution is 7.92. The van der Waals surface area contributed by atoms with E-state index >= 15 is 0 Å². The molecule has 0 fully saturated rings. The molecule has 1 aromatic heterocycles. The van der Waals surface area contributed by atoms with E-state index in [2.05, 4.69) is 9.88 Å². The van der Waals surface area contributed by atoms with Crippen molar-refractivity contribution in [3.8, 4) is 0 Å². The molecule has 11 nitrogen and oxygen atoms in total. The molecule has 168 valence electrons. The second kappa shape index (κ2) is 8.32. The van der Waals surface area contributed by atoms with Gasteiger partial charge in [-0.15, -0.1) is 0 Å². The summed E-state index contributed by atoms with van der Waals surface area (Å²) in [6.45, 7) is 2.09. The van der Waals surface area contributed by atoms with Crippen molar-refractivity contribution in [1.29, 1.82) is 0 Å². The van der Waals surface area contributed by atoms with Crippen LogP contribution in [0, 0.1) is 6.92 Å². The number of carbonyl (C=O) groups is 1. The van der Waals surface area contributed by atoms with Crippen molar-refractivity contribution in [3.63, 3.8) is 0 Å². The maximum absolute atomic E-state index is 12.8. The fourth-order valence-corrected chi connectivity index (χ4v) is 4.97. The lowest BCUT2D eigenvalue weighted by molar-refractivity contribution is 0.150. The first-order chi connectivity index (χ1) is 14.4. The maximum atomic E-state index is 12.8. The molecule has 0 unspecified atom stereocenters. The van der Waals surface area contributed by atoms with Gasteiger partial charge >= 0.3 is 6.09 Å². The number of nitrogens with zero attached hydrogens (tertiary/aromatic N) is 3. The molecule has 0 bridgehead atoms. The van der Waals surface area contributed by atoms with Crippen LogP contribution in [0.1, 0.15) is 17.7 Å². The molecule has 0 atom stereocenters. The molecule has 0 saturated heterocycles. The van der Waals surface area contributed by atoms with Gasteiger partial charge in [-0.05, 0) is 43.2 Å². The van der Waals surface area contributed by atoms with Crippen molar-refractivity contribution in [2.45, 2.75) is 23.1 Å². The van der Waals surface area contributed by atoms with Crippen LogP contribution in [-0.4, -0.2) is 69.6 Å². The Morgan fingerprint density at radius 2 is 1.77 bits per heavy atom. The molecule has 0 radical (unpaired) electrons. The zero-order valence-corrected chi connectivity index (χ0v) is 18.7. The molecule has 1 aromatic carbocycles. The predicted octanol–water partition coefficient (Wildman–Crippen LogP) is 1.80. The number of nitrogens with one attached hydrogen (secondary N) is 1. The first-order valence-electron chi connectivity index (χ1n) is 9.12. The zero-order valence-electron chi connectivity index (χ0n) is 17.1. The molecule has 2 aromatic rings. The Labute approximate surface area is 180 Å². The topological polar surface area (TPSA) is 150 Å². The molecule has 0 spiro atoms. The highest BCUT2D eigenvalue weighted by Gasteiger charge is 2.26. The molecule has 1 amide bonds. The molecule has 3 rings (SSSR count). The number of benzene rings is 1. The summed E-state index contributed by atoms with van der Waals surface area (Å²) in [4.78, 5) is 12.1. The van der Waals surface area contributed by atoms with Gasteiger partial charge in [-0.2, -0.15) is 0 Å². The summed E-state index contributed by atoms with van der Waals surface area (Å²) < 4.78 is 58.5. The summed E-state index contributed by atoms with van der Waals surface area (Å²) in [5.74, 6) is -0.0856. The molecule has 2 N–H and O–H groups in total. The average molecular weight is 471 g/mol. The molecule has 1 aliphatic rings. The van der Waals surface area contributed by atoms with E-state index in [0.29, 0.717) is 17.7 Å². The predicted molar refractivity (Wildman–Crippen MR) is 112 cm³/mol.